The third-order valence-electron chi connectivity index (χ3n) is 2.27. The summed E-state index contributed by atoms with van der Waals surface area (Å²) in [5, 5.41) is 0. The Bertz CT molecular complexity index is 144. The monoisotopic (exact) mass is 175 g/mol. The zero-order valence-corrected chi connectivity index (χ0v) is 8.14. The summed E-state index contributed by atoms with van der Waals surface area (Å²) in [5.74, 6) is 0. The first-order chi connectivity index (χ1) is 5.55. The lowest BCUT2D eigenvalue weighted by Crippen LogP contribution is -2.55. The lowest BCUT2D eigenvalue weighted by Gasteiger charge is -2.43. The molecule has 1 aliphatic heterocycles. The van der Waals surface area contributed by atoms with E-state index in [4.69, 9.17) is 4.74 Å². The van der Waals surface area contributed by atoms with Crippen molar-refractivity contribution in [1.82, 2.24) is 4.90 Å². The molecular formula is C9H18FNO. The molecule has 1 unspecified atom stereocenters. The zero-order valence-electron chi connectivity index (χ0n) is 8.14. The largest absolute Gasteiger partial charge is 0.378 e. The van der Waals surface area contributed by atoms with E-state index in [0.29, 0.717) is 6.61 Å². The molecule has 0 aromatic heterocycles. The number of hydrogen-bond donors (Lipinski definition) is 0. The van der Waals surface area contributed by atoms with Gasteiger partial charge in [-0.3, -0.25) is 4.90 Å². The molecule has 0 aromatic carbocycles. The molecule has 0 amide bonds. The third kappa shape index (κ3) is 2.17. The van der Waals surface area contributed by atoms with Crippen LogP contribution in [0.15, 0.2) is 0 Å². The molecule has 1 aliphatic rings. The fourth-order valence-electron chi connectivity index (χ4n) is 1.67. The molecule has 2 nitrogen and oxygen atoms in total. The molecule has 1 saturated heterocycles. The second-order valence-corrected chi connectivity index (χ2v) is 4.25. The molecule has 0 aliphatic carbocycles. The molecule has 1 rings (SSSR count). The first-order valence-electron chi connectivity index (χ1n) is 4.46. The van der Waals surface area contributed by atoms with E-state index in [9.17, 15) is 4.39 Å². The van der Waals surface area contributed by atoms with E-state index < -0.39 is 0 Å². The maximum Gasteiger partial charge on any atom is 0.107 e. The van der Waals surface area contributed by atoms with Crippen molar-refractivity contribution in [1.29, 1.82) is 0 Å². The van der Waals surface area contributed by atoms with E-state index in [0.717, 1.165) is 13.2 Å². The van der Waals surface area contributed by atoms with Crippen molar-refractivity contribution in [2.45, 2.75) is 32.4 Å². The van der Waals surface area contributed by atoms with Crippen LogP contribution < -0.4 is 0 Å². The van der Waals surface area contributed by atoms with Gasteiger partial charge in [0.05, 0.1) is 19.3 Å². The first-order valence-corrected chi connectivity index (χ1v) is 4.46. The van der Waals surface area contributed by atoms with Crippen molar-refractivity contribution in [3.63, 3.8) is 0 Å². The summed E-state index contributed by atoms with van der Waals surface area (Å²) in [6.45, 7) is 8.14. The third-order valence-corrected chi connectivity index (χ3v) is 2.27. The van der Waals surface area contributed by atoms with Crippen molar-refractivity contribution in [2.75, 3.05) is 26.4 Å². The first kappa shape index (κ1) is 9.93. The number of halogens is 1. The van der Waals surface area contributed by atoms with Gasteiger partial charge in [-0.1, -0.05) is 0 Å². The molecule has 72 valence electrons. The second-order valence-electron chi connectivity index (χ2n) is 4.25. The lowest BCUT2D eigenvalue weighted by molar-refractivity contribution is -0.0559. The molecule has 0 saturated carbocycles. The van der Waals surface area contributed by atoms with Crippen LogP contribution >= 0.6 is 0 Å². The van der Waals surface area contributed by atoms with E-state index in [1.54, 1.807) is 0 Å². The van der Waals surface area contributed by atoms with Gasteiger partial charge in [0.1, 0.15) is 6.67 Å². The number of rotatable bonds is 1. The SMILES string of the molecule is CC(C)(C)N1CCOCC1CF. The average Bonchev–Trinajstić information content (AvgIpc) is 2.03. The van der Waals surface area contributed by atoms with Crippen LogP contribution in [-0.4, -0.2) is 42.9 Å². The van der Waals surface area contributed by atoms with Crippen LogP contribution in [0, 0.1) is 0 Å². The predicted octanol–water partition coefficient (Wildman–Crippen LogP) is 1.46. The molecule has 0 aromatic rings. The van der Waals surface area contributed by atoms with Crippen molar-refractivity contribution in [2.24, 2.45) is 0 Å². The Kier molecular flexibility index (Phi) is 3.07. The number of ether oxygens (including phenoxy) is 1. The standard InChI is InChI=1S/C9H18FNO/c1-9(2,3)11-4-5-12-7-8(11)6-10/h8H,4-7H2,1-3H3. The van der Waals surface area contributed by atoms with Crippen LogP contribution in [0.4, 0.5) is 4.39 Å². The van der Waals surface area contributed by atoms with Crippen LogP contribution in [0.5, 0.6) is 0 Å². The normalized spacial score (nSPS) is 27.5. The van der Waals surface area contributed by atoms with Gasteiger partial charge in [0, 0.05) is 12.1 Å². The van der Waals surface area contributed by atoms with E-state index in [1.807, 2.05) is 0 Å². The number of alkyl halides is 1. The maximum absolute atomic E-state index is 12.5. The van der Waals surface area contributed by atoms with Gasteiger partial charge < -0.3 is 4.74 Å². The van der Waals surface area contributed by atoms with Crippen LogP contribution in [0.25, 0.3) is 0 Å². The van der Waals surface area contributed by atoms with Gasteiger partial charge in [-0.25, -0.2) is 4.39 Å². The van der Waals surface area contributed by atoms with Crippen molar-refractivity contribution < 1.29 is 9.13 Å². The van der Waals surface area contributed by atoms with Crippen molar-refractivity contribution >= 4 is 0 Å². The highest BCUT2D eigenvalue weighted by Gasteiger charge is 2.31. The minimum Gasteiger partial charge on any atom is -0.378 e. The van der Waals surface area contributed by atoms with Crippen molar-refractivity contribution in [3.05, 3.63) is 0 Å². The minimum atomic E-state index is -0.308. The molecule has 12 heavy (non-hydrogen) atoms. The highest BCUT2D eigenvalue weighted by molar-refractivity contribution is 4.84. The van der Waals surface area contributed by atoms with Crippen LogP contribution in [0.1, 0.15) is 20.8 Å². The van der Waals surface area contributed by atoms with Gasteiger partial charge in [-0.15, -0.1) is 0 Å². The highest BCUT2D eigenvalue weighted by atomic mass is 19.1. The fraction of sp³-hybridized carbons (Fsp3) is 1.00. The highest BCUT2D eigenvalue weighted by Crippen LogP contribution is 2.19. The number of hydrogen-bond acceptors (Lipinski definition) is 2. The Morgan fingerprint density at radius 1 is 1.50 bits per heavy atom. The number of morpholine rings is 1. The summed E-state index contributed by atoms with van der Waals surface area (Å²) < 4.78 is 17.8. The van der Waals surface area contributed by atoms with E-state index in [-0.39, 0.29) is 18.3 Å². The maximum atomic E-state index is 12.5. The van der Waals surface area contributed by atoms with Crippen LogP contribution in [0.3, 0.4) is 0 Å². The molecular weight excluding hydrogens is 157 g/mol. The zero-order chi connectivity index (χ0) is 9.19. The molecule has 0 radical (unpaired) electrons. The van der Waals surface area contributed by atoms with Gasteiger partial charge in [0.2, 0.25) is 0 Å². The van der Waals surface area contributed by atoms with Crippen LogP contribution in [0.2, 0.25) is 0 Å². The Labute approximate surface area is 73.7 Å². The summed E-state index contributed by atoms with van der Waals surface area (Å²) in [6, 6.07) is -0.0428. The topological polar surface area (TPSA) is 12.5 Å². The number of nitrogens with zero attached hydrogens (tertiary/aromatic N) is 1. The summed E-state index contributed by atoms with van der Waals surface area (Å²) in [5.41, 5.74) is 0.0561. The quantitative estimate of drug-likeness (QED) is 0.598. The molecule has 0 bridgehead atoms. The van der Waals surface area contributed by atoms with Gasteiger partial charge in [-0.05, 0) is 20.8 Å². The van der Waals surface area contributed by atoms with E-state index >= 15 is 0 Å². The summed E-state index contributed by atoms with van der Waals surface area (Å²) >= 11 is 0. The van der Waals surface area contributed by atoms with Gasteiger partial charge >= 0.3 is 0 Å². The predicted molar refractivity (Wildman–Crippen MR) is 47.0 cm³/mol. The molecule has 1 heterocycles. The average molecular weight is 175 g/mol. The van der Waals surface area contributed by atoms with Gasteiger partial charge in [0.15, 0.2) is 0 Å². The Morgan fingerprint density at radius 3 is 2.58 bits per heavy atom. The minimum absolute atomic E-state index is 0.0428. The smallest absolute Gasteiger partial charge is 0.107 e. The molecule has 1 atom stereocenters. The Balaban J connectivity index is 2.59. The summed E-state index contributed by atoms with van der Waals surface area (Å²) in [6.07, 6.45) is 0. The van der Waals surface area contributed by atoms with E-state index in [2.05, 4.69) is 25.7 Å². The molecule has 0 spiro atoms. The summed E-state index contributed by atoms with van der Waals surface area (Å²) in [7, 11) is 0. The van der Waals surface area contributed by atoms with Gasteiger partial charge in [0.25, 0.3) is 0 Å². The Hall–Kier alpha value is -0.150. The Morgan fingerprint density at radius 2 is 2.17 bits per heavy atom. The van der Waals surface area contributed by atoms with Crippen molar-refractivity contribution in [3.8, 4) is 0 Å². The van der Waals surface area contributed by atoms with E-state index in [1.165, 1.54) is 0 Å². The molecule has 0 N–H and O–H groups in total. The molecule has 1 fully saturated rings. The fourth-order valence-corrected chi connectivity index (χ4v) is 1.67. The summed E-state index contributed by atoms with van der Waals surface area (Å²) in [4.78, 5) is 2.18. The molecule has 3 heteroatoms. The lowest BCUT2D eigenvalue weighted by atomic mass is 10.0. The van der Waals surface area contributed by atoms with Gasteiger partial charge in [-0.2, -0.15) is 0 Å². The second kappa shape index (κ2) is 3.71. The van der Waals surface area contributed by atoms with Crippen LogP contribution in [-0.2, 0) is 4.74 Å².